The Morgan fingerprint density at radius 3 is 2.29 bits per heavy atom. The lowest BCUT2D eigenvalue weighted by molar-refractivity contribution is -0.274. The summed E-state index contributed by atoms with van der Waals surface area (Å²) in [7, 11) is 0. The second-order valence-electron chi connectivity index (χ2n) is 4.82. The number of halogens is 3. The van der Waals surface area contributed by atoms with Crippen molar-refractivity contribution in [2.45, 2.75) is 6.36 Å². The number of esters is 1. The van der Waals surface area contributed by atoms with Crippen LogP contribution >= 0.6 is 0 Å². The Balaban J connectivity index is 1.81. The van der Waals surface area contributed by atoms with Crippen molar-refractivity contribution >= 4 is 17.9 Å². The molecule has 0 amide bonds. The first kappa shape index (κ1) is 15.8. The Morgan fingerprint density at radius 1 is 1.00 bits per heavy atom. The topological polar surface area (TPSA) is 47.9 Å². The van der Waals surface area contributed by atoms with Crippen LogP contribution in [0.5, 0.6) is 5.75 Å². The van der Waals surface area contributed by atoms with Crippen molar-refractivity contribution in [3.05, 3.63) is 71.4 Å². The third-order valence-corrected chi connectivity index (χ3v) is 3.06. The Hall–Kier alpha value is -3.09. The van der Waals surface area contributed by atoms with Crippen LogP contribution in [-0.4, -0.2) is 18.2 Å². The van der Waals surface area contributed by atoms with Gasteiger partial charge in [-0.2, -0.15) is 0 Å². The molecule has 3 rings (SSSR count). The zero-order valence-corrected chi connectivity index (χ0v) is 12.1. The van der Waals surface area contributed by atoms with Crippen LogP contribution in [0, 0.1) is 0 Å². The smallest absolute Gasteiger partial charge is 0.406 e. The molecule has 2 aromatic carbocycles. The number of aliphatic imine (C=N–C) groups is 1. The molecule has 1 heterocycles. The maximum absolute atomic E-state index is 12.1. The molecule has 4 nitrogen and oxygen atoms in total. The fourth-order valence-corrected chi connectivity index (χ4v) is 2.04. The van der Waals surface area contributed by atoms with Crippen LogP contribution in [0.2, 0.25) is 0 Å². The maximum atomic E-state index is 12.1. The zero-order valence-electron chi connectivity index (χ0n) is 12.1. The molecule has 0 unspecified atom stereocenters. The van der Waals surface area contributed by atoms with Crippen LogP contribution in [0.3, 0.4) is 0 Å². The van der Waals surface area contributed by atoms with Gasteiger partial charge in [0.15, 0.2) is 5.70 Å². The number of rotatable bonds is 3. The number of nitrogens with zero attached hydrogens (tertiary/aromatic N) is 1. The van der Waals surface area contributed by atoms with E-state index in [-0.39, 0.29) is 17.3 Å². The molecule has 0 radical (unpaired) electrons. The molecule has 0 aromatic heterocycles. The SMILES string of the molecule is O=C1OC(c2ccccc2)=N/C1=C/c1ccc(OC(F)(F)F)cc1. The van der Waals surface area contributed by atoms with E-state index in [1.54, 1.807) is 24.3 Å². The average Bonchev–Trinajstić information content (AvgIpc) is 2.90. The molecule has 7 heteroatoms. The van der Waals surface area contributed by atoms with Crippen molar-refractivity contribution in [3.63, 3.8) is 0 Å². The molecule has 1 aliphatic rings. The van der Waals surface area contributed by atoms with Crippen LogP contribution in [0.4, 0.5) is 13.2 Å². The number of carbonyl (C=O) groups excluding carboxylic acids is 1. The number of hydrogen-bond acceptors (Lipinski definition) is 4. The molecule has 0 saturated carbocycles. The summed E-state index contributed by atoms with van der Waals surface area (Å²) in [5, 5.41) is 0. The number of ether oxygens (including phenoxy) is 2. The van der Waals surface area contributed by atoms with Gasteiger partial charge in [-0.25, -0.2) is 9.79 Å². The van der Waals surface area contributed by atoms with E-state index in [1.165, 1.54) is 18.2 Å². The van der Waals surface area contributed by atoms with Gasteiger partial charge in [-0.05, 0) is 35.9 Å². The highest BCUT2D eigenvalue weighted by Gasteiger charge is 2.31. The van der Waals surface area contributed by atoms with Gasteiger partial charge >= 0.3 is 12.3 Å². The lowest BCUT2D eigenvalue weighted by Gasteiger charge is -2.08. The van der Waals surface area contributed by atoms with Crippen LogP contribution in [-0.2, 0) is 9.53 Å². The van der Waals surface area contributed by atoms with Gasteiger partial charge in [0, 0.05) is 5.56 Å². The molecule has 0 bridgehead atoms. The van der Waals surface area contributed by atoms with Crippen molar-refractivity contribution in [2.75, 3.05) is 0 Å². The normalized spacial score (nSPS) is 16.0. The van der Waals surface area contributed by atoms with Crippen molar-refractivity contribution in [1.29, 1.82) is 0 Å². The molecule has 0 spiro atoms. The minimum absolute atomic E-state index is 0.0679. The molecular weight excluding hydrogens is 323 g/mol. The lowest BCUT2D eigenvalue weighted by Crippen LogP contribution is -2.16. The van der Waals surface area contributed by atoms with E-state index in [0.29, 0.717) is 11.1 Å². The zero-order chi connectivity index (χ0) is 17.2. The van der Waals surface area contributed by atoms with Gasteiger partial charge in [0.2, 0.25) is 5.90 Å². The Bertz CT molecular complexity index is 809. The molecule has 0 aliphatic carbocycles. The van der Waals surface area contributed by atoms with Gasteiger partial charge in [-0.3, -0.25) is 0 Å². The predicted octanol–water partition coefficient (Wildman–Crippen LogP) is 3.93. The maximum Gasteiger partial charge on any atom is 0.573 e. The highest BCUT2D eigenvalue weighted by molar-refractivity contribution is 6.12. The molecular formula is C17H10F3NO3. The van der Waals surface area contributed by atoms with Crippen LogP contribution in [0.1, 0.15) is 11.1 Å². The summed E-state index contributed by atoms with van der Waals surface area (Å²) in [6.45, 7) is 0. The molecule has 0 N–H and O–H groups in total. The summed E-state index contributed by atoms with van der Waals surface area (Å²) < 4.78 is 45.2. The Morgan fingerprint density at radius 2 is 1.67 bits per heavy atom. The Labute approximate surface area is 134 Å². The summed E-state index contributed by atoms with van der Waals surface area (Å²) >= 11 is 0. The molecule has 0 atom stereocenters. The summed E-state index contributed by atoms with van der Waals surface area (Å²) in [5.41, 5.74) is 1.22. The predicted molar refractivity (Wildman–Crippen MR) is 80.2 cm³/mol. The van der Waals surface area contributed by atoms with Gasteiger partial charge in [-0.15, -0.1) is 13.2 Å². The number of alkyl halides is 3. The van der Waals surface area contributed by atoms with E-state index in [1.807, 2.05) is 6.07 Å². The minimum Gasteiger partial charge on any atom is -0.406 e. The van der Waals surface area contributed by atoms with E-state index >= 15 is 0 Å². The monoisotopic (exact) mass is 333 g/mol. The second-order valence-corrected chi connectivity index (χ2v) is 4.82. The first-order valence-electron chi connectivity index (χ1n) is 6.84. The van der Waals surface area contributed by atoms with E-state index in [0.717, 1.165) is 12.1 Å². The minimum atomic E-state index is -4.75. The summed E-state index contributed by atoms with van der Waals surface area (Å²) in [6, 6.07) is 14.0. The van der Waals surface area contributed by atoms with Crippen molar-refractivity contribution in [3.8, 4) is 5.75 Å². The van der Waals surface area contributed by atoms with E-state index in [2.05, 4.69) is 9.73 Å². The first-order valence-corrected chi connectivity index (χ1v) is 6.84. The lowest BCUT2D eigenvalue weighted by atomic mass is 10.2. The number of cyclic esters (lactones) is 1. The van der Waals surface area contributed by atoms with E-state index in [4.69, 9.17) is 4.74 Å². The van der Waals surface area contributed by atoms with Gasteiger partial charge in [-0.1, -0.05) is 30.3 Å². The summed E-state index contributed by atoms with van der Waals surface area (Å²) in [6.07, 6.45) is -3.32. The summed E-state index contributed by atoms with van der Waals surface area (Å²) in [4.78, 5) is 15.9. The van der Waals surface area contributed by atoms with E-state index < -0.39 is 12.3 Å². The van der Waals surface area contributed by atoms with Gasteiger partial charge in [0.25, 0.3) is 0 Å². The Kier molecular flexibility index (Phi) is 4.07. The third-order valence-electron chi connectivity index (χ3n) is 3.06. The highest BCUT2D eigenvalue weighted by Crippen LogP contribution is 2.24. The van der Waals surface area contributed by atoms with Crippen molar-refractivity contribution in [2.24, 2.45) is 4.99 Å². The standard InChI is InChI=1S/C17H10F3NO3/c18-17(19,20)24-13-8-6-11(7-9-13)10-14-16(22)23-15(21-14)12-4-2-1-3-5-12/h1-10H/b14-10+. The van der Waals surface area contributed by atoms with Crippen molar-refractivity contribution < 1.29 is 27.4 Å². The molecule has 0 saturated heterocycles. The van der Waals surface area contributed by atoms with E-state index in [9.17, 15) is 18.0 Å². The molecule has 24 heavy (non-hydrogen) atoms. The van der Waals surface area contributed by atoms with Crippen LogP contribution in [0.25, 0.3) is 6.08 Å². The number of hydrogen-bond donors (Lipinski definition) is 0. The highest BCUT2D eigenvalue weighted by atomic mass is 19.4. The average molecular weight is 333 g/mol. The van der Waals surface area contributed by atoms with Gasteiger partial charge in [0.1, 0.15) is 5.75 Å². The molecule has 1 aliphatic heterocycles. The third kappa shape index (κ3) is 3.81. The number of benzene rings is 2. The summed E-state index contributed by atoms with van der Waals surface area (Å²) in [5.74, 6) is -0.777. The molecule has 0 fully saturated rings. The fourth-order valence-electron chi connectivity index (χ4n) is 2.04. The van der Waals surface area contributed by atoms with Gasteiger partial charge < -0.3 is 9.47 Å². The molecule has 122 valence electrons. The largest absolute Gasteiger partial charge is 0.573 e. The second kappa shape index (κ2) is 6.19. The number of carbonyl (C=O) groups is 1. The molecule has 2 aromatic rings. The first-order chi connectivity index (χ1) is 11.4. The van der Waals surface area contributed by atoms with Crippen LogP contribution < -0.4 is 4.74 Å². The van der Waals surface area contributed by atoms with Crippen molar-refractivity contribution in [1.82, 2.24) is 0 Å². The quantitative estimate of drug-likeness (QED) is 0.632. The van der Waals surface area contributed by atoms with Gasteiger partial charge in [0.05, 0.1) is 0 Å². The van der Waals surface area contributed by atoms with Crippen LogP contribution in [0.15, 0.2) is 65.3 Å². The fraction of sp³-hybridized carbons (Fsp3) is 0.0588.